The molecule has 100 valence electrons. The van der Waals surface area contributed by atoms with Gasteiger partial charge in [-0.1, -0.05) is 11.6 Å². The Morgan fingerprint density at radius 1 is 1.11 bits per heavy atom. The first-order chi connectivity index (χ1) is 9.10. The summed E-state index contributed by atoms with van der Waals surface area (Å²) in [5.41, 5.74) is 2.95. The number of aryl methyl sites for hydroxylation is 1. The highest BCUT2D eigenvalue weighted by Crippen LogP contribution is 2.29. The lowest BCUT2D eigenvalue weighted by Crippen LogP contribution is -2.11. The van der Waals surface area contributed by atoms with Gasteiger partial charge in [-0.2, -0.15) is 0 Å². The fourth-order valence-corrected chi connectivity index (χ4v) is 1.87. The summed E-state index contributed by atoms with van der Waals surface area (Å²) in [5.74, 6) is 1.59. The summed E-state index contributed by atoms with van der Waals surface area (Å²) in [6.45, 7) is 6.18. The van der Waals surface area contributed by atoms with Gasteiger partial charge in [0.1, 0.15) is 11.6 Å². The van der Waals surface area contributed by atoms with Crippen LogP contribution in [-0.4, -0.2) is 23.3 Å². The Balaban J connectivity index is 2.34. The minimum Gasteiger partial charge on any atom is -0.496 e. The Hall–Kier alpha value is -2.10. The molecular formula is C15H19N3O. The maximum Gasteiger partial charge on any atom is 0.148 e. The second-order valence-corrected chi connectivity index (χ2v) is 4.81. The Kier molecular flexibility index (Phi) is 4.00. The number of methoxy groups -OCH3 is 1. The van der Waals surface area contributed by atoms with Crippen LogP contribution in [-0.2, 0) is 0 Å². The minimum absolute atomic E-state index is 0.341. The molecule has 0 spiro atoms. The number of hydrogen-bond acceptors (Lipinski definition) is 4. The number of aromatic nitrogens is 2. The topological polar surface area (TPSA) is 47.0 Å². The van der Waals surface area contributed by atoms with Crippen LogP contribution in [0.4, 0.5) is 5.82 Å². The van der Waals surface area contributed by atoms with Gasteiger partial charge < -0.3 is 10.1 Å². The van der Waals surface area contributed by atoms with E-state index in [0.717, 1.165) is 22.8 Å². The number of benzene rings is 1. The van der Waals surface area contributed by atoms with Crippen molar-refractivity contribution in [2.45, 2.75) is 26.8 Å². The zero-order valence-electron chi connectivity index (χ0n) is 11.8. The van der Waals surface area contributed by atoms with Gasteiger partial charge in [0.05, 0.1) is 12.8 Å². The zero-order chi connectivity index (χ0) is 13.8. The summed E-state index contributed by atoms with van der Waals surface area (Å²) in [7, 11) is 1.66. The van der Waals surface area contributed by atoms with Crippen molar-refractivity contribution in [2.75, 3.05) is 12.4 Å². The van der Waals surface area contributed by atoms with Crippen LogP contribution in [0.2, 0.25) is 0 Å². The molecule has 0 fully saturated rings. The van der Waals surface area contributed by atoms with Crippen LogP contribution in [0.1, 0.15) is 19.4 Å². The average Bonchev–Trinajstić information content (AvgIpc) is 2.39. The van der Waals surface area contributed by atoms with Crippen LogP contribution >= 0.6 is 0 Å². The quantitative estimate of drug-likeness (QED) is 0.913. The fraction of sp³-hybridized carbons (Fsp3) is 0.333. The maximum atomic E-state index is 5.37. The van der Waals surface area contributed by atoms with E-state index >= 15 is 0 Å². The molecule has 2 aromatic rings. The molecule has 1 N–H and O–H groups in total. The molecule has 0 unspecified atom stereocenters. The molecule has 0 amide bonds. The van der Waals surface area contributed by atoms with Crippen molar-refractivity contribution >= 4 is 5.82 Å². The third kappa shape index (κ3) is 3.22. The molecule has 1 aromatic carbocycles. The van der Waals surface area contributed by atoms with Crippen molar-refractivity contribution in [2.24, 2.45) is 0 Å². The Bertz CT molecular complexity index is 550. The largest absolute Gasteiger partial charge is 0.496 e. The number of nitrogens with one attached hydrogen (secondary N) is 1. The summed E-state index contributed by atoms with van der Waals surface area (Å²) in [6, 6.07) is 10.3. The molecule has 0 aliphatic carbocycles. The van der Waals surface area contributed by atoms with E-state index in [0.29, 0.717) is 6.04 Å². The van der Waals surface area contributed by atoms with Gasteiger partial charge in [-0.3, -0.25) is 0 Å². The van der Waals surface area contributed by atoms with Gasteiger partial charge in [0.15, 0.2) is 0 Å². The molecule has 2 rings (SSSR count). The number of nitrogens with zero attached hydrogens (tertiary/aromatic N) is 2. The fourth-order valence-electron chi connectivity index (χ4n) is 1.87. The molecule has 0 aliphatic rings. The zero-order valence-corrected chi connectivity index (χ0v) is 11.8. The first-order valence-electron chi connectivity index (χ1n) is 6.35. The smallest absolute Gasteiger partial charge is 0.148 e. The van der Waals surface area contributed by atoms with Gasteiger partial charge >= 0.3 is 0 Å². The molecule has 0 saturated carbocycles. The first kappa shape index (κ1) is 13.3. The second kappa shape index (κ2) is 5.69. The Morgan fingerprint density at radius 3 is 2.47 bits per heavy atom. The third-order valence-corrected chi connectivity index (χ3v) is 2.73. The van der Waals surface area contributed by atoms with E-state index in [9.17, 15) is 0 Å². The normalized spacial score (nSPS) is 10.6. The molecule has 0 saturated heterocycles. The number of hydrogen-bond donors (Lipinski definition) is 1. The molecule has 4 nitrogen and oxygen atoms in total. The summed E-state index contributed by atoms with van der Waals surface area (Å²) in [6.07, 6.45) is 0. The predicted molar refractivity (Wildman–Crippen MR) is 77.5 cm³/mol. The Morgan fingerprint density at radius 2 is 1.89 bits per heavy atom. The van der Waals surface area contributed by atoms with E-state index in [2.05, 4.69) is 35.4 Å². The highest BCUT2D eigenvalue weighted by molar-refractivity contribution is 5.68. The van der Waals surface area contributed by atoms with Gasteiger partial charge in [0.2, 0.25) is 0 Å². The van der Waals surface area contributed by atoms with Gasteiger partial charge in [0.25, 0.3) is 0 Å². The maximum absolute atomic E-state index is 5.37. The molecule has 0 radical (unpaired) electrons. The van der Waals surface area contributed by atoms with E-state index in [-0.39, 0.29) is 0 Å². The van der Waals surface area contributed by atoms with Crippen LogP contribution in [0.5, 0.6) is 5.75 Å². The van der Waals surface area contributed by atoms with Gasteiger partial charge in [-0.15, -0.1) is 10.2 Å². The van der Waals surface area contributed by atoms with Gasteiger partial charge in [-0.25, -0.2) is 0 Å². The van der Waals surface area contributed by atoms with Crippen LogP contribution in [0.25, 0.3) is 11.3 Å². The van der Waals surface area contributed by atoms with E-state index in [1.165, 1.54) is 5.56 Å². The monoisotopic (exact) mass is 257 g/mol. The molecule has 0 aliphatic heterocycles. The molecule has 1 aromatic heterocycles. The van der Waals surface area contributed by atoms with E-state index < -0.39 is 0 Å². The molecular weight excluding hydrogens is 238 g/mol. The van der Waals surface area contributed by atoms with Crippen molar-refractivity contribution < 1.29 is 4.74 Å². The van der Waals surface area contributed by atoms with Crippen LogP contribution < -0.4 is 10.1 Å². The molecule has 1 heterocycles. The standard InChI is InChI=1S/C15H19N3O/c1-10(2)16-15-8-6-13(17-18-15)12-9-11(3)5-7-14(12)19-4/h5-10H,1-4H3,(H,16,18). The lowest BCUT2D eigenvalue weighted by molar-refractivity contribution is 0.416. The van der Waals surface area contributed by atoms with E-state index in [1.807, 2.05) is 31.2 Å². The number of ether oxygens (including phenoxy) is 1. The number of rotatable bonds is 4. The van der Waals surface area contributed by atoms with Crippen molar-refractivity contribution in [3.63, 3.8) is 0 Å². The average molecular weight is 257 g/mol. The van der Waals surface area contributed by atoms with Crippen molar-refractivity contribution in [3.8, 4) is 17.0 Å². The van der Waals surface area contributed by atoms with Crippen molar-refractivity contribution in [1.29, 1.82) is 0 Å². The molecule has 0 atom stereocenters. The summed E-state index contributed by atoms with van der Waals surface area (Å²) in [5, 5.41) is 11.7. The molecule has 4 heteroatoms. The first-order valence-corrected chi connectivity index (χ1v) is 6.35. The SMILES string of the molecule is COc1ccc(C)cc1-c1ccc(NC(C)C)nn1. The lowest BCUT2D eigenvalue weighted by Gasteiger charge is -2.10. The second-order valence-electron chi connectivity index (χ2n) is 4.81. The number of anilines is 1. The van der Waals surface area contributed by atoms with Gasteiger partial charge in [0, 0.05) is 11.6 Å². The highest BCUT2D eigenvalue weighted by Gasteiger charge is 2.08. The lowest BCUT2D eigenvalue weighted by atomic mass is 10.1. The van der Waals surface area contributed by atoms with Crippen molar-refractivity contribution in [3.05, 3.63) is 35.9 Å². The summed E-state index contributed by atoms with van der Waals surface area (Å²) in [4.78, 5) is 0. The van der Waals surface area contributed by atoms with Crippen LogP contribution in [0.3, 0.4) is 0 Å². The van der Waals surface area contributed by atoms with E-state index in [1.54, 1.807) is 7.11 Å². The van der Waals surface area contributed by atoms with Gasteiger partial charge in [-0.05, 0) is 45.0 Å². The summed E-state index contributed by atoms with van der Waals surface area (Å²) >= 11 is 0. The third-order valence-electron chi connectivity index (χ3n) is 2.73. The predicted octanol–water partition coefficient (Wildman–Crippen LogP) is 3.28. The van der Waals surface area contributed by atoms with E-state index in [4.69, 9.17) is 4.74 Å². The Labute approximate surface area is 113 Å². The minimum atomic E-state index is 0.341. The summed E-state index contributed by atoms with van der Waals surface area (Å²) < 4.78 is 5.37. The molecule has 19 heavy (non-hydrogen) atoms. The molecule has 0 bridgehead atoms. The van der Waals surface area contributed by atoms with Crippen LogP contribution in [0.15, 0.2) is 30.3 Å². The van der Waals surface area contributed by atoms with Crippen LogP contribution in [0, 0.1) is 6.92 Å². The highest BCUT2D eigenvalue weighted by atomic mass is 16.5. The van der Waals surface area contributed by atoms with Crippen molar-refractivity contribution in [1.82, 2.24) is 10.2 Å².